The first-order valence-electron chi connectivity index (χ1n) is 5.45. The van der Waals surface area contributed by atoms with Gasteiger partial charge in [-0.25, -0.2) is 18.4 Å². The van der Waals surface area contributed by atoms with Gasteiger partial charge in [0.05, 0.1) is 19.7 Å². The fourth-order valence-electron chi connectivity index (χ4n) is 1.10. The highest BCUT2D eigenvalue weighted by atomic mass is 33.8. The standard InChI is InChI=1S/C10H8N2O4S6/c13-21(17,15-9-5-1-3-7-11-9)19-20-22(14,18)16-10-6-2-4-8-12-10/h1-8H. The van der Waals surface area contributed by atoms with Gasteiger partial charge >= 0.3 is 0 Å². The van der Waals surface area contributed by atoms with Crippen molar-refractivity contribution in [2.45, 2.75) is 0 Å². The van der Waals surface area contributed by atoms with Gasteiger partial charge in [-0.15, -0.1) is 0 Å². The summed E-state index contributed by atoms with van der Waals surface area (Å²) in [6.45, 7) is 0. The molecule has 0 radical (unpaired) electrons. The maximum Gasteiger partial charge on any atom is 0.253 e. The van der Waals surface area contributed by atoms with Crippen LogP contribution in [0, 0.1) is 0 Å². The smallest absolute Gasteiger partial charge is 0.253 e. The van der Waals surface area contributed by atoms with Crippen molar-refractivity contribution in [1.29, 1.82) is 0 Å². The number of rotatable bonds is 7. The molecule has 0 aliphatic carbocycles. The summed E-state index contributed by atoms with van der Waals surface area (Å²) in [4.78, 5) is 7.69. The number of pyridine rings is 2. The number of hydrogen-bond donors (Lipinski definition) is 0. The molecular formula is C10H8N2O4S6. The van der Waals surface area contributed by atoms with Crippen LogP contribution >= 0.6 is 19.7 Å². The van der Waals surface area contributed by atoms with E-state index in [9.17, 15) is 8.42 Å². The Morgan fingerprint density at radius 2 is 1.23 bits per heavy atom. The lowest BCUT2D eigenvalue weighted by Gasteiger charge is -2.09. The average Bonchev–Trinajstić information content (AvgIpc) is 2.47. The molecule has 0 aromatic carbocycles. The topological polar surface area (TPSA) is 78.4 Å². The molecule has 2 aromatic rings. The Balaban J connectivity index is 1.96. The maximum absolute atomic E-state index is 12.1. The molecule has 0 bridgehead atoms. The zero-order valence-corrected chi connectivity index (χ0v) is 15.5. The summed E-state index contributed by atoms with van der Waals surface area (Å²) in [5.41, 5.74) is 0. The van der Waals surface area contributed by atoms with Crippen molar-refractivity contribution in [3.63, 3.8) is 0 Å². The highest BCUT2D eigenvalue weighted by molar-refractivity contribution is 9.28. The van der Waals surface area contributed by atoms with Gasteiger partial charge in [-0.1, -0.05) is 12.1 Å². The van der Waals surface area contributed by atoms with Gasteiger partial charge in [0, 0.05) is 46.9 Å². The van der Waals surface area contributed by atoms with Gasteiger partial charge in [0.25, 0.3) is 15.6 Å². The van der Waals surface area contributed by atoms with Crippen LogP contribution in [-0.2, 0) is 38.0 Å². The number of aromatic nitrogens is 2. The summed E-state index contributed by atoms with van der Waals surface area (Å²) in [6.07, 6.45) is 2.94. The van der Waals surface area contributed by atoms with Crippen LogP contribution in [0.3, 0.4) is 0 Å². The molecule has 2 heterocycles. The van der Waals surface area contributed by atoms with Crippen LogP contribution in [0.5, 0.6) is 11.8 Å². The molecule has 0 fully saturated rings. The first-order valence-corrected chi connectivity index (χ1v) is 13.4. The maximum atomic E-state index is 12.1. The molecule has 12 heteroatoms. The molecule has 2 unspecified atom stereocenters. The Hall–Kier alpha value is -0.660. The second-order valence-corrected chi connectivity index (χ2v) is 15.5. The number of nitrogens with zero attached hydrogens (tertiary/aromatic N) is 2. The summed E-state index contributed by atoms with van der Waals surface area (Å²) in [7, 11) is -5.38. The fourth-order valence-corrected chi connectivity index (χ4v) is 12.4. The lowest BCUT2D eigenvalue weighted by molar-refractivity contribution is 0.556. The van der Waals surface area contributed by atoms with Crippen molar-refractivity contribution in [2.24, 2.45) is 0 Å². The van der Waals surface area contributed by atoms with Crippen molar-refractivity contribution in [2.75, 3.05) is 0 Å². The predicted molar refractivity (Wildman–Crippen MR) is 95.9 cm³/mol. The van der Waals surface area contributed by atoms with E-state index in [1.807, 2.05) is 0 Å². The van der Waals surface area contributed by atoms with Crippen molar-refractivity contribution < 1.29 is 16.8 Å². The highest BCUT2D eigenvalue weighted by Crippen LogP contribution is 2.36. The van der Waals surface area contributed by atoms with Crippen molar-refractivity contribution >= 4 is 57.6 Å². The quantitative estimate of drug-likeness (QED) is 0.633. The Kier molecular flexibility index (Phi) is 6.23. The SMILES string of the molecule is O=S(=S)(Oc1ccccn1)SSS(=O)(=S)Oc1ccccn1. The van der Waals surface area contributed by atoms with Crippen molar-refractivity contribution in [3.8, 4) is 11.8 Å². The van der Waals surface area contributed by atoms with Gasteiger partial charge in [-0.3, -0.25) is 0 Å². The summed E-state index contributed by atoms with van der Waals surface area (Å²) < 4.78 is 34.4. The van der Waals surface area contributed by atoms with Crippen LogP contribution in [0.15, 0.2) is 48.8 Å². The lowest BCUT2D eigenvalue weighted by atomic mass is 10.5. The third kappa shape index (κ3) is 6.22. The molecular weight excluding hydrogens is 405 g/mol. The van der Waals surface area contributed by atoms with Crippen LogP contribution in [0.2, 0.25) is 0 Å². The van der Waals surface area contributed by atoms with E-state index >= 15 is 0 Å². The molecule has 0 aliphatic heterocycles. The number of hydrogen-bond acceptors (Lipinski definition) is 10. The Morgan fingerprint density at radius 1 is 0.818 bits per heavy atom. The van der Waals surface area contributed by atoms with Gasteiger partial charge in [0.1, 0.15) is 0 Å². The Morgan fingerprint density at radius 3 is 1.55 bits per heavy atom. The highest BCUT2D eigenvalue weighted by Gasteiger charge is 2.19. The minimum atomic E-state index is -3.26. The molecule has 0 saturated heterocycles. The molecule has 2 atom stereocenters. The van der Waals surface area contributed by atoms with E-state index in [0.717, 1.165) is 0 Å². The predicted octanol–water partition coefficient (Wildman–Crippen LogP) is 2.47. The van der Waals surface area contributed by atoms with Crippen molar-refractivity contribution in [3.05, 3.63) is 48.8 Å². The first-order chi connectivity index (χ1) is 10.4. The van der Waals surface area contributed by atoms with Crippen LogP contribution < -0.4 is 8.37 Å². The van der Waals surface area contributed by atoms with E-state index in [2.05, 4.69) is 9.97 Å². The molecule has 2 rings (SSSR count). The van der Waals surface area contributed by atoms with Gasteiger partial charge in [0.15, 0.2) is 0 Å². The Labute approximate surface area is 144 Å². The van der Waals surface area contributed by atoms with Crippen molar-refractivity contribution in [1.82, 2.24) is 9.97 Å². The molecule has 0 aliphatic rings. The largest absolute Gasteiger partial charge is 0.372 e. The zero-order valence-electron chi connectivity index (χ0n) is 10.6. The lowest BCUT2D eigenvalue weighted by Crippen LogP contribution is -2.06. The van der Waals surface area contributed by atoms with E-state index in [0.29, 0.717) is 19.7 Å². The van der Waals surface area contributed by atoms with Crippen LogP contribution in [0.25, 0.3) is 0 Å². The third-order valence-corrected chi connectivity index (χ3v) is 13.0. The van der Waals surface area contributed by atoms with Gasteiger partial charge < -0.3 is 8.37 Å². The van der Waals surface area contributed by atoms with Crippen LogP contribution in [0.4, 0.5) is 0 Å². The second kappa shape index (κ2) is 7.75. The molecule has 0 N–H and O–H groups in total. The molecule has 6 nitrogen and oxygen atoms in total. The zero-order chi connectivity index (χ0) is 16.1. The van der Waals surface area contributed by atoms with E-state index in [-0.39, 0.29) is 11.8 Å². The van der Waals surface area contributed by atoms with E-state index < -0.39 is 15.6 Å². The summed E-state index contributed by atoms with van der Waals surface area (Å²) in [5.74, 6) is 0.217. The summed E-state index contributed by atoms with van der Waals surface area (Å²) in [5, 5.41) is 0. The van der Waals surface area contributed by atoms with Gasteiger partial charge in [-0.2, -0.15) is 0 Å². The van der Waals surface area contributed by atoms with E-state index in [1.54, 1.807) is 24.3 Å². The molecule has 0 saturated carbocycles. The Bertz CT molecular complexity index is 740. The molecule has 22 heavy (non-hydrogen) atoms. The van der Waals surface area contributed by atoms with E-state index in [4.69, 9.17) is 30.7 Å². The fraction of sp³-hybridized carbons (Fsp3) is 0. The minimum absolute atomic E-state index is 0.108. The van der Waals surface area contributed by atoms with Crippen LogP contribution in [0.1, 0.15) is 0 Å². The minimum Gasteiger partial charge on any atom is -0.372 e. The van der Waals surface area contributed by atoms with Gasteiger partial charge in [0.2, 0.25) is 11.8 Å². The molecule has 2 aromatic heterocycles. The average molecular weight is 413 g/mol. The molecule has 0 spiro atoms. The van der Waals surface area contributed by atoms with Gasteiger partial charge in [-0.05, 0) is 12.1 Å². The first kappa shape index (κ1) is 17.7. The second-order valence-electron chi connectivity index (χ2n) is 3.46. The van der Waals surface area contributed by atoms with Crippen LogP contribution in [-0.4, -0.2) is 18.4 Å². The monoisotopic (exact) mass is 412 g/mol. The third-order valence-electron chi connectivity index (χ3n) is 1.84. The normalized spacial score (nSPS) is 16.2. The molecule has 0 amide bonds. The molecule has 118 valence electrons. The summed E-state index contributed by atoms with van der Waals surface area (Å²) >= 11 is 9.65. The summed E-state index contributed by atoms with van der Waals surface area (Å²) in [6, 6.07) is 9.68. The van der Waals surface area contributed by atoms with E-state index in [1.165, 1.54) is 24.5 Å².